The molecule has 3 heteroatoms. The van der Waals surface area contributed by atoms with E-state index in [0.717, 1.165) is 24.1 Å². The molecular formula is C12H18BBrO. The zero-order chi connectivity index (χ0) is 10.9. The minimum Gasteiger partial charge on any atom is -0.494 e. The van der Waals surface area contributed by atoms with Crippen LogP contribution in [0.3, 0.4) is 0 Å². The fraction of sp³-hybridized carbons (Fsp3) is 0.500. The second-order valence-electron chi connectivity index (χ2n) is 3.76. The minimum atomic E-state index is 0.839. The first-order valence-electron chi connectivity index (χ1n) is 5.58. The Bertz CT molecular complexity index is 261. The summed E-state index contributed by atoms with van der Waals surface area (Å²) in [6.07, 6.45) is 4.98. The summed E-state index contributed by atoms with van der Waals surface area (Å²) in [6, 6.07) is 8.24. The van der Waals surface area contributed by atoms with Crippen molar-refractivity contribution in [1.29, 1.82) is 0 Å². The zero-order valence-corrected chi connectivity index (χ0v) is 10.9. The van der Waals surface area contributed by atoms with Gasteiger partial charge in [-0.05, 0) is 25.0 Å². The molecule has 1 aromatic carbocycles. The normalized spacial score (nSPS) is 10.2. The van der Waals surface area contributed by atoms with E-state index in [1.54, 1.807) is 0 Å². The van der Waals surface area contributed by atoms with Crippen molar-refractivity contribution in [3.63, 3.8) is 0 Å². The first-order valence-corrected chi connectivity index (χ1v) is 6.70. The first kappa shape index (κ1) is 12.6. The number of benzene rings is 1. The molecule has 82 valence electrons. The Kier molecular flexibility index (Phi) is 6.57. The number of rotatable bonds is 7. The van der Waals surface area contributed by atoms with Crippen molar-refractivity contribution in [3.8, 4) is 5.75 Å². The van der Waals surface area contributed by atoms with Crippen LogP contribution in [0.15, 0.2) is 24.3 Å². The van der Waals surface area contributed by atoms with E-state index < -0.39 is 0 Å². The van der Waals surface area contributed by atoms with Gasteiger partial charge in [-0.25, -0.2) is 0 Å². The molecule has 0 saturated carbocycles. The van der Waals surface area contributed by atoms with Crippen LogP contribution in [0.4, 0.5) is 0 Å². The Morgan fingerprint density at radius 1 is 1.00 bits per heavy atom. The average Bonchev–Trinajstić information content (AvgIpc) is 2.26. The van der Waals surface area contributed by atoms with Crippen molar-refractivity contribution in [2.75, 3.05) is 11.9 Å². The Balaban J connectivity index is 2.07. The molecule has 0 bridgehead atoms. The molecule has 0 fully saturated rings. The van der Waals surface area contributed by atoms with Crippen molar-refractivity contribution in [2.24, 2.45) is 0 Å². The smallest absolute Gasteiger partial charge is 0.139 e. The Hall–Kier alpha value is -0.435. The molecule has 0 saturated heterocycles. The summed E-state index contributed by atoms with van der Waals surface area (Å²) in [5, 5.41) is 1.12. The topological polar surface area (TPSA) is 9.23 Å². The van der Waals surface area contributed by atoms with Gasteiger partial charge in [-0.3, -0.25) is 0 Å². The zero-order valence-electron chi connectivity index (χ0n) is 9.34. The minimum absolute atomic E-state index is 0.839. The largest absolute Gasteiger partial charge is 0.494 e. The molecule has 0 radical (unpaired) electrons. The lowest BCUT2D eigenvalue weighted by molar-refractivity contribution is 0.305. The standard InChI is InChI=1S/C12H18BBrO/c13-11-5-7-12(8-6-11)15-10-4-2-1-3-9-14/h5-8H,1-4,9-10,13H2. The summed E-state index contributed by atoms with van der Waals surface area (Å²) >= 11 is 3.43. The molecule has 0 unspecified atom stereocenters. The van der Waals surface area contributed by atoms with E-state index in [1.807, 2.05) is 12.1 Å². The van der Waals surface area contributed by atoms with E-state index in [-0.39, 0.29) is 0 Å². The summed E-state index contributed by atoms with van der Waals surface area (Å²) in [5.41, 5.74) is 1.28. The second-order valence-corrected chi connectivity index (χ2v) is 4.56. The highest BCUT2D eigenvalue weighted by Crippen LogP contribution is 2.09. The molecule has 15 heavy (non-hydrogen) atoms. The van der Waals surface area contributed by atoms with Gasteiger partial charge in [-0.1, -0.05) is 46.4 Å². The van der Waals surface area contributed by atoms with Crippen LogP contribution in [0.5, 0.6) is 5.75 Å². The highest BCUT2D eigenvalue weighted by molar-refractivity contribution is 9.09. The van der Waals surface area contributed by atoms with Gasteiger partial charge in [0.1, 0.15) is 13.6 Å². The maximum atomic E-state index is 5.63. The summed E-state index contributed by atoms with van der Waals surface area (Å²) in [4.78, 5) is 0. The first-order chi connectivity index (χ1) is 7.33. The predicted octanol–water partition coefficient (Wildman–Crippen LogP) is 2.28. The molecule has 0 aliphatic rings. The fourth-order valence-electron chi connectivity index (χ4n) is 1.37. The van der Waals surface area contributed by atoms with Crippen LogP contribution < -0.4 is 10.2 Å². The van der Waals surface area contributed by atoms with Crippen LogP contribution in [0, 0.1) is 0 Å². The van der Waals surface area contributed by atoms with Crippen molar-refractivity contribution in [3.05, 3.63) is 24.3 Å². The van der Waals surface area contributed by atoms with Crippen LogP contribution in [0.25, 0.3) is 0 Å². The van der Waals surface area contributed by atoms with Crippen molar-refractivity contribution in [2.45, 2.75) is 25.7 Å². The van der Waals surface area contributed by atoms with Crippen LogP contribution in [0.2, 0.25) is 0 Å². The molecule has 0 aliphatic heterocycles. The summed E-state index contributed by atoms with van der Waals surface area (Å²) in [5.74, 6) is 0.987. The molecule has 0 heterocycles. The Morgan fingerprint density at radius 3 is 2.33 bits per heavy atom. The van der Waals surface area contributed by atoms with Gasteiger partial charge in [0.25, 0.3) is 0 Å². The molecule has 1 nitrogen and oxygen atoms in total. The SMILES string of the molecule is Bc1ccc(OCCCCCCBr)cc1. The van der Waals surface area contributed by atoms with Crippen LogP contribution in [0.1, 0.15) is 25.7 Å². The van der Waals surface area contributed by atoms with E-state index in [4.69, 9.17) is 4.74 Å². The summed E-state index contributed by atoms with van der Waals surface area (Å²) < 4.78 is 5.63. The predicted molar refractivity (Wildman–Crippen MR) is 72.4 cm³/mol. The van der Waals surface area contributed by atoms with E-state index in [2.05, 4.69) is 35.9 Å². The summed E-state index contributed by atoms with van der Waals surface area (Å²) in [7, 11) is 2.09. The molecule has 0 N–H and O–H groups in total. The molecule has 0 spiro atoms. The van der Waals surface area contributed by atoms with Gasteiger partial charge in [0, 0.05) is 5.33 Å². The monoisotopic (exact) mass is 268 g/mol. The number of ether oxygens (including phenoxy) is 1. The van der Waals surface area contributed by atoms with Gasteiger partial charge in [0.2, 0.25) is 0 Å². The van der Waals surface area contributed by atoms with Gasteiger partial charge in [-0.2, -0.15) is 0 Å². The number of hydrogen-bond donors (Lipinski definition) is 0. The molecule has 0 aromatic heterocycles. The quantitative estimate of drug-likeness (QED) is 0.419. The van der Waals surface area contributed by atoms with Gasteiger partial charge in [0.15, 0.2) is 0 Å². The second kappa shape index (κ2) is 7.80. The molecule has 0 atom stereocenters. The van der Waals surface area contributed by atoms with Crippen molar-refractivity contribution >= 4 is 29.2 Å². The average molecular weight is 269 g/mol. The van der Waals surface area contributed by atoms with Gasteiger partial charge in [-0.15, -0.1) is 0 Å². The lowest BCUT2D eigenvalue weighted by Gasteiger charge is -2.05. The van der Waals surface area contributed by atoms with E-state index in [0.29, 0.717) is 0 Å². The third-order valence-corrected chi connectivity index (χ3v) is 2.88. The number of hydrogen-bond acceptors (Lipinski definition) is 1. The molecule has 1 aromatic rings. The third kappa shape index (κ3) is 5.88. The van der Waals surface area contributed by atoms with Crippen LogP contribution in [-0.2, 0) is 0 Å². The van der Waals surface area contributed by atoms with E-state index in [1.165, 1.54) is 24.7 Å². The Labute approximate surface area is 102 Å². The number of unbranched alkanes of at least 4 members (excludes halogenated alkanes) is 3. The van der Waals surface area contributed by atoms with Gasteiger partial charge < -0.3 is 4.74 Å². The lowest BCUT2D eigenvalue weighted by atomic mass is 9.97. The van der Waals surface area contributed by atoms with Gasteiger partial charge >= 0.3 is 0 Å². The molecular weight excluding hydrogens is 251 g/mol. The third-order valence-electron chi connectivity index (χ3n) is 2.32. The maximum absolute atomic E-state index is 5.63. The van der Waals surface area contributed by atoms with Gasteiger partial charge in [0.05, 0.1) is 6.61 Å². The van der Waals surface area contributed by atoms with Crippen molar-refractivity contribution in [1.82, 2.24) is 0 Å². The van der Waals surface area contributed by atoms with E-state index >= 15 is 0 Å². The van der Waals surface area contributed by atoms with Crippen LogP contribution >= 0.6 is 15.9 Å². The maximum Gasteiger partial charge on any atom is 0.139 e. The van der Waals surface area contributed by atoms with Crippen LogP contribution in [-0.4, -0.2) is 19.8 Å². The number of alkyl halides is 1. The lowest BCUT2D eigenvalue weighted by Crippen LogP contribution is -2.02. The van der Waals surface area contributed by atoms with E-state index in [9.17, 15) is 0 Å². The highest BCUT2D eigenvalue weighted by atomic mass is 79.9. The Morgan fingerprint density at radius 2 is 1.67 bits per heavy atom. The summed E-state index contributed by atoms with van der Waals surface area (Å²) in [6.45, 7) is 0.839. The molecule has 0 aliphatic carbocycles. The molecule has 0 amide bonds. The highest BCUT2D eigenvalue weighted by Gasteiger charge is 1.93. The van der Waals surface area contributed by atoms with Crippen molar-refractivity contribution < 1.29 is 4.74 Å². The molecule has 1 rings (SSSR count). The number of halogens is 1. The fourth-order valence-corrected chi connectivity index (χ4v) is 1.77.